The third-order valence-corrected chi connectivity index (χ3v) is 5.63. The number of piperazine rings is 1. The number of carbonyl (C=O) groups excluding carboxylic acids is 1. The molecule has 158 valence electrons. The average Bonchev–Trinajstić information content (AvgIpc) is 3.45. The summed E-state index contributed by atoms with van der Waals surface area (Å²) in [6.45, 7) is 4.21. The molecule has 3 aromatic heterocycles. The molecule has 0 atom stereocenters. The van der Waals surface area contributed by atoms with Crippen LogP contribution in [-0.4, -0.2) is 56.8 Å². The lowest BCUT2D eigenvalue weighted by Gasteiger charge is -2.35. The van der Waals surface area contributed by atoms with Crippen molar-refractivity contribution >= 4 is 17.4 Å². The molecule has 0 bridgehead atoms. The number of aromatic nitrogens is 4. The molecule has 31 heavy (non-hydrogen) atoms. The molecule has 4 aromatic rings. The molecule has 5 rings (SSSR count). The monoisotopic (exact) mass is 420 g/mol. The Morgan fingerprint density at radius 3 is 2.65 bits per heavy atom. The van der Waals surface area contributed by atoms with Crippen LogP contribution in [0.3, 0.4) is 0 Å². The second kappa shape index (κ2) is 7.82. The topological polar surface area (TPSA) is 79.8 Å². The highest BCUT2D eigenvalue weighted by Gasteiger charge is 2.24. The first-order valence-electron chi connectivity index (χ1n) is 10.1. The number of amides is 1. The highest BCUT2D eigenvalue weighted by atomic mass is 19.1. The lowest BCUT2D eigenvalue weighted by molar-refractivity contribution is -0.130. The minimum Gasteiger partial charge on any atom is -0.461 e. The Bertz CT molecular complexity index is 1210. The van der Waals surface area contributed by atoms with E-state index in [4.69, 9.17) is 4.42 Å². The summed E-state index contributed by atoms with van der Waals surface area (Å²) >= 11 is 0. The Kier molecular flexibility index (Phi) is 4.85. The Morgan fingerprint density at radius 2 is 1.90 bits per heavy atom. The van der Waals surface area contributed by atoms with Gasteiger partial charge in [-0.2, -0.15) is 4.52 Å². The summed E-state index contributed by atoms with van der Waals surface area (Å²) in [6, 6.07) is 12.3. The van der Waals surface area contributed by atoms with Crippen LogP contribution in [0.25, 0.3) is 17.2 Å². The van der Waals surface area contributed by atoms with Crippen LogP contribution in [0, 0.1) is 12.7 Å². The minimum atomic E-state index is -0.328. The van der Waals surface area contributed by atoms with Crippen LogP contribution in [0.5, 0.6) is 0 Å². The van der Waals surface area contributed by atoms with Crippen molar-refractivity contribution in [3.05, 3.63) is 65.7 Å². The molecule has 0 aliphatic carbocycles. The zero-order valence-electron chi connectivity index (χ0n) is 17.0. The van der Waals surface area contributed by atoms with Crippen LogP contribution in [0.2, 0.25) is 0 Å². The average molecular weight is 420 g/mol. The molecule has 0 saturated carbocycles. The van der Waals surface area contributed by atoms with Gasteiger partial charge in [-0.1, -0.05) is 12.1 Å². The molecule has 0 spiro atoms. The maximum atomic E-state index is 14.1. The van der Waals surface area contributed by atoms with Gasteiger partial charge in [-0.15, -0.1) is 15.3 Å². The van der Waals surface area contributed by atoms with E-state index >= 15 is 0 Å². The molecule has 1 aliphatic rings. The van der Waals surface area contributed by atoms with Crippen molar-refractivity contribution in [3.8, 4) is 11.6 Å². The summed E-state index contributed by atoms with van der Waals surface area (Å²) in [4.78, 5) is 16.6. The fourth-order valence-corrected chi connectivity index (χ4v) is 3.85. The van der Waals surface area contributed by atoms with E-state index in [2.05, 4.69) is 20.2 Å². The first-order chi connectivity index (χ1) is 15.1. The molecule has 1 aliphatic heterocycles. The summed E-state index contributed by atoms with van der Waals surface area (Å²) in [6.07, 6.45) is 1.66. The molecule has 0 radical (unpaired) electrons. The van der Waals surface area contributed by atoms with Crippen molar-refractivity contribution in [1.29, 1.82) is 0 Å². The maximum Gasteiger partial charge on any atom is 0.227 e. The van der Waals surface area contributed by atoms with Crippen LogP contribution in [-0.2, 0) is 11.2 Å². The Hall–Kier alpha value is -3.75. The number of benzene rings is 1. The summed E-state index contributed by atoms with van der Waals surface area (Å²) in [7, 11) is 0. The van der Waals surface area contributed by atoms with E-state index in [1.807, 2.05) is 31.2 Å². The van der Waals surface area contributed by atoms with Gasteiger partial charge in [0, 0.05) is 31.7 Å². The van der Waals surface area contributed by atoms with Crippen molar-refractivity contribution < 1.29 is 13.6 Å². The second-order valence-electron chi connectivity index (χ2n) is 7.54. The van der Waals surface area contributed by atoms with Gasteiger partial charge in [0.05, 0.1) is 12.7 Å². The van der Waals surface area contributed by atoms with Crippen LogP contribution in [0.15, 0.2) is 53.1 Å². The summed E-state index contributed by atoms with van der Waals surface area (Å²) < 4.78 is 21.2. The first kappa shape index (κ1) is 19.2. The summed E-state index contributed by atoms with van der Waals surface area (Å²) in [5.74, 6) is 1.52. The van der Waals surface area contributed by atoms with Crippen molar-refractivity contribution in [2.24, 2.45) is 0 Å². The Balaban J connectivity index is 1.29. The van der Waals surface area contributed by atoms with Crippen LogP contribution in [0.4, 0.5) is 10.2 Å². The number of anilines is 1. The number of carbonyl (C=O) groups is 1. The molecule has 0 unspecified atom stereocenters. The molecule has 9 heteroatoms. The van der Waals surface area contributed by atoms with Crippen LogP contribution in [0.1, 0.15) is 11.1 Å². The standard InChI is InChI=1S/C22H21FN6O2/c1-15-4-2-5-17(23)16(15)14-21(30)28-11-9-27(10-12-28)20-8-7-19-24-25-22(29(19)26-20)18-6-3-13-31-18/h2-8,13H,9-12,14H2,1H3. The number of aryl methyl sites for hydroxylation is 1. The summed E-state index contributed by atoms with van der Waals surface area (Å²) in [5.41, 5.74) is 1.90. The number of hydrogen-bond donors (Lipinski definition) is 0. The first-order valence-corrected chi connectivity index (χ1v) is 10.1. The fraction of sp³-hybridized carbons (Fsp3) is 0.273. The fourth-order valence-electron chi connectivity index (χ4n) is 3.85. The van der Waals surface area contributed by atoms with E-state index in [1.54, 1.807) is 27.8 Å². The quantitative estimate of drug-likeness (QED) is 0.505. The lowest BCUT2D eigenvalue weighted by Crippen LogP contribution is -2.49. The van der Waals surface area contributed by atoms with Gasteiger partial charge in [0.1, 0.15) is 11.6 Å². The number of furan rings is 1. The van der Waals surface area contributed by atoms with Gasteiger partial charge in [0.2, 0.25) is 11.7 Å². The summed E-state index contributed by atoms with van der Waals surface area (Å²) in [5, 5.41) is 13.0. The van der Waals surface area contributed by atoms with Gasteiger partial charge in [0.15, 0.2) is 11.4 Å². The highest BCUT2D eigenvalue weighted by molar-refractivity contribution is 5.79. The molecular weight excluding hydrogens is 399 g/mol. The minimum absolute atomic E-state index is 0.0600. The van der Waals surface area contributed by atoms with Gasteiger partial charge in [0.25, 0.3) is 0 Å². The normalized spacial score (nSPS) is 14.4. The second-order valence-corrected chi connectivity index (χ2v) is 7.54. The predicted molar refractivity (Wildman–Crippen MR) is 112 cm³/mol. The zero-order chi connectivity index (χ0) is 21.4. The van der Waals surface area contributed by atoms with Gasteiger partial charge in [-0.05, 0) is 42.8 Å². The largest absolute Gasteiger partial charge is 0.461 e. The van der Waals surface area contributed by atoms with E-state index in [9.17, 15) is 9.18 Å². The molecule has 0 N–H and O–H groups in total. The molecule has 4 heterocycles. The smallest absolute Gasteiger partial charge is 0.227 e. The van der Waals surface area contributed by atoms with Crippen molar-refractivity contribution in [2.75, 3.05) is 31.1 Å². The number of rotatable bonds is 4. The van der Waals surface area contributed by atoms with E-state index in [1.165, 1.54) is 6.07 Å². The molecule has 1 fully saturated rings. The van der Waals surface area contributed by atoms with E-state index < -0.39 is 0 Å². The van der Waals surface area contributed by atoms with E-state index in [0.717, 1.165) is 11.4 Å². The molecule has 1 saturated heterocycles. The van der Waals surface area contributed by atoms with E-state index in [-0.39, 0.29) is 18.1 Å². The highest BCUT2D eigenvalue weighted by Crippen LogP contribution is 2.21. The van der Waals surface area contributed by atoms with Crippen molar-refractivity contribution in [3.63, 3.8) is 0 Å². The molecule has 1 aromatic carbocycles. The van der Waals surface area contributed by atoms with Crippen LogP contribution < -0.4 is 4.90 Å². The molecule has 1 amide bonds. The maximum absolute atomic E-state index is 14.1. The molecular formula is C22H21FN6O2. The Labute approximate surface area is 177 Å². The van der Waals surface area contributed by atoms with Gasteiger partial charge < -0.3 is 14.2 Å². The number of halogens is 1. The van der Waals surface area contributed by atoms with Gasteiger partial charge in [-0.3, -0.25) is 4.79 Å². The molecule has 8 nitrogen and oxygen atoms in total. The van der Waals surface area contributed by atoms with Gasteiger partial charge >= 0.3 is 0 Å². The zero-order valence-corrected chi connectivity index (χ0v) is 17.0. The number of nitrogens with zero attached hydrogens (tertiary/aromatic N) is 6. The van der Waals surface area contributed by atoms with Crippen molar-refractivity contribution in [2.45, 2.75) is 13.3 Å². The number of hydrogen-bond acceptors (Lipinski definition) is 6. The van der Waals surface area contributed by atoms with E-state index in [0.29, 0.717) is 49.0 Å². The van der Waals surface area contributed by atoms with Crippen molar-refractivity contribution in [1.82, 2.24) is 24.7 Å². The third kappa shape index (κ3) is 3.63. The van der Waals surface area contributed by atoms with Crippen LogP contribution >= 0.6 is 0 Å². The SMILES string of the molecule is Cc1cccc(F)c1CC(=O)N1CCN(c2ccc3nnc(-c4ccco4)n3n2)CC1. The lowest BCUT2D eigenvalue weighted by atomic mass is 10.0. The van der Waals surface area contributed by atoms with Gasteiger partial charge in [-0.25, -0.2) is 4.39 Å². The third-order valence-electron chi connectivity index (χ3n) is 5.63. The Morgan fingerprint density at radius 1 is 1.06 bits per heavy atom. The number of fused-ring (bicyclic) bond motifs is 1. The predicted octanol–water partition coefficient (Wildman–Crippen LogP) is 2.72.